The summed E-state index contributed by atoms with van der Waals surface area (Å²) in [4.78, 5) is 41.9. The molecule has 1 saturated heterocycles. The standard InChI is InChI=1S/C20H18F2N4O4S/c1-2-7-30-20(29)26-5-3-12(4-6-26)19-23-16(11-31-19)18(28)25-24-17(27)13-8-14(21)10-15(22)9-13/h1,8-12H,3-7H2,(H,24,27)(H,25,28). The zero-order chi connectivity index (χ0) is 22.4. The maximum absolute atomic E-state index is 13.2. The fraction of sp³-hybridized carbons (Fsp3) is 0.300. The van der Waals surface area contributed by atoms with Crippen molar-refractivity contribution >= 4 is 29.2 Å². The number of nitrogens with zero attached hydrogens (tertiary/aromatic N) is 2. The summed E-state index contributed by atoms with van der Waals surface area (Å²) < 4.78 is 31.3. The van der Waals surface area contributed by atoms with Gasteiger partial charge in [0.2, 0.25) is 0 Å². The van der Waals surface area contributed by atoms with Gasteiger partial charge >= 0.3 is 6.09 Å². The molecule has 3 rings (SSSR count). The lowest BCUT2D eigenvalue weighted by Crippen LogP contribution is -2.41. The molecule has 8 nitrogen and oxygen atoms in total. The molecule has 3 amide bonds. The smallest absolute Gasteiger partial charge is 0.410 e. The Labute approximate surface area is 180 Å². The Morgan fingerprint density at radius 1 is 1.16 bits per heavy atom. The van der Waals surface area contributed by atoms with Crippen molar-refractivity contribution in [3.8, 4) is 12.3 Å². The van der Waals surface area contributed by atoms with E-state index in [4.69, 9.17) is 11.2 Å². The quantitative estimate of drug-likeness (QED) is 0.553. The zero-order valence-corrected chi connectivity index (χ0v) is 17.0. The SMILES string of the molecule is C#CCOC(=O)N1CCC(c2nc(C(=O)NNC(=O)c3cc(F)cc(F)c3)cs2)CC1. The van der Waals surface area contributed by atoms with Gasteiger partial charge in [0, 0.05) is 36.0 Å². The summed E-state index contributed by atoms with van der Waals surface area (Å²) in [7, 11) is 0. The van der Waals surface area contributed by atoms with Gasteiger partial charge in [-0.05, 0) is 25.0 Å². The molecule has 0 unspecified atom stereocenters. The Balaban J connectivity index is 1.51. The Hall–Kier alpha value is -3.52. The van der Waals surface area contributed by atoms with Crippen LogP contribution < -0.4 is 10.9 Å². The molecule has 2 N–H and O–H groups in total. The molecule has 162 valence electrons. The fourth-order valence-corrected chi connectivity index (χ4v) is 3.99. The number of thiazole rings is 1. The van der Waals surface area contributed by atoms with E-state index in [9.17, 15) is 23.2 Å². The van der Waals surface area contributed by atoms with Crippen LogP contribution in [0.25, 0.3) is 0 Å². The number of piperidine rings is 1. The fourth-order valence-electron chi connectivity index (χ4n) is 3.02. The number of halogens is 2. The molecule has 0 spiro atoms. The average molecular weight is 448 g/mol. The monoisotopic (exact) mass is 448 g/mol. The van der Waals surface area contributed by atoms with Gasteiger partial charge < -0.3 is 9.64 Å². The van der Waals surface area contributed by atoms with E-state index < -0.39 is 29.5 Å². The number of hydrogen-bond donors (Lipinski definition) is 2. The van der Waals surface area contributed by atoms with Gasteiger partial charge in [-0.2, -0.15) is 0 Å². The molecule has 0 bridgehead atoms. The van der Waals surface area contributed by atoms with Crippen LogP contribution in [0.1, 0.15) is 44.6 Å². The molecule has 0 radical (unpaired) electrons. The lowest BCUT2D eigenvalue weighted by Gasteiger charge is -2.30. The van der Waals surface area contributed by atoms with Crippen LogP contribution in [0.2, 0.25) is 0 Å². The highest BCUT2D eigenvalue weighted by molar-refractivity contribution is 7.09. The Morgan fingerprint density at radius 3 is 2.45 bits per heavy atom. The van der Waals surface area contributed by atoms with E-state index in [1.54, 1.807) is 10.3 Å². The van der Waals surface area contributed by atoms with E-state index in [0.29, 0.717) is 32.0 Å². The van der Waals surface area contributed by atoms with Crippen molar-refractivity contribution in [1.82, 2.24) is 20.7 Å². The van der Waals surface area contributed by atoms with E-state index in [1.807, 2.05) is 0 Å². The van der Waals surface area contributed by atoms with Crippen LogP contribution in [-0.2, 0) is 4.74 Å². The maximum Gasteiger partial charge on any atom is 0.410 e. The zero-order valence-electron chi connectivity index (χ0n) is 16.2. The second-order valence-corrected chi connectivity index (χ2v) is 7.55. The van der Waals surface area contributed by atoms with Crippen LogP contribution >= 0.6 is 11.3 Å². The second-order valence-electron chi connectivity index (χ2n) is 6.66. The summed E-state index contributed by atoms with van der Waals surface area (Å²) in [6.45, 7) is 0.888. The molecule has 2 aromatic rings. The number of benzene rings is 1. The molecule has 1 aliphatic heterocycles. The summed E-state index contributed by atoms with van der Waals surface area (Å²) in [5.41, 5.74) is 4.09. The highest BCUT2D eigenvalue weighted by atomic mass is 32.1. The van der Waals surface area contributed by atoms with E-state index in [0.717, 1.165) is 17.1 Å². The van der Waals surface area contributed by atoms with Crippen molar-refractivity contribution < 1.29 is 27.9 Å². The number of terminal acetylenes is 1. The minimum atomic E-state index is -0.907. The molecular formula is C20H18F2N4O4S. The summed E-state index contributed by atoms with van der Waals surface area (Å²) in [5.74, 6) is -1.03. The molecule has 2 heterocycles. The number of rotatable bonds is 4. The Bertz CT molecular complexity index is 1010. The minimum Gasteiger partial charge on any atom is -0.436 e. The molecule has 0 atom stereocenters. The number of aromatic nitrogens is 1. The first-order chi connectivity index (χ1) is 14.9. The lowest BCUT2D eigenvalue weighted by molar-refractivity contribution is 0.0843. The van der Waals surface area contributed by atoms with Gasteiger partial charge in [-0.1, -0.05) is 5.92 Å². The molecular weight excluding hydrogens is 430 g/mol. The molecule has 31 heavy (non-hydrogen) atoms. The molecule has 11 heteroatoms. The highest BCUT2D eigenvalue weighted by Crippen LogP contribution is 2.30. The van der Waals surface area contributed by atoms with E-state index in [1.165, 1.54) is 11.3 Å². The average Bonchev–Trinajstić information content (AvgIpc) is 3.25. The molecule has 0 saturated carbocycles. The lowest BCUT2D eigenvalue weighted by atomic mass is 9.98. The van der Waals surface area contributed by atoms with Gasteiger partial charge in [-0.15, -0.1) is 17.8 Å². The van der Waals surface area contributed by atoms with Crippen LogP contribution in [0.3, 0.4) is 0 Å². The summed E-state index contributed by atoms with van der Waals surface area (Å²) in [6.07, 6.45) is 5.93. The van der Waals surface area contributed by atoms with Crippen LogP contribution in [0.5, 0.6) is 0 Å². The number of carbonyl (C=O) groups is 3. The van der Waals surface area contributed by atoms with Crippen LogP contribution in [-0.4, -0.2) is 47.5 Å². The molecule has 1 aromatic heterocycles. The molecule has 0 aliphatic carbocycles. The Morgan fingerprint density at radius 2 is 1.81 bits per heavy atom. The third-order valence-corrected chi connectivity index (χ3v) is 5.56. The van der Waals surface area contributed by atoms with Gasteiger partial charge in [0.25, 0.3) is 11.8 Å². The molecule has 1 aromatic carbocycles. The van der Waals surface area contributed by atoms with Crippen molar-refractivity contribution in [1.29, 1.82) is 0 Å². The van der Waals surface area contributed by atoms with Crippen LogP contribution in [0.15, 0.2) is 23.6 Å². The van der Waals surface area contributed by atoms with Crippen molar-refractivity contribution in [2.24, 2.45) is 0 Å². The first kappa shape index (κ1) is 22.2. The van der Waals surface area contributed by atoms with Crippen molar-refractivity contribution in [2.45, 2.75) is 18.8 Å². The number of carbonyl (C=O) groups excluding carboxylic acids is 3. The number of nitrogens with one attached hydrogen (secondary N) is 2. The largest absolute Gasteiger partial charge is 0.436 e. The number of hydrazine groups is 1. The minimum absolute atomic E-state index is 0.0750. The third-order valence-electron chi connectivity index (χ3n) is 4.55. The van der Waals surface area contributed by atoms with Crippen molar-refractivity contribution in [3.63, 3.8) is 0 Å². The topological polar surface area (TPSA) is 101 Å². The highest BCUT2D eigenvalue weighted by Gasteiger charge is 2.27. The van der Waals surface area contributed by atoms with Crippen molar-refractivity contribution in [2.75, 3.05) is 19.7 Å². The summed E-state index contributed by atoms with van der Waals surface area (Å²) >= 11 is 1.30. The van der Waals surface area contributed by atoms with E-state index in [-0.39, 0.29) is 23.8 Å². The first-order valence-electron chi connectivity index (χ1n) is 9.24. The molecule has 1 aliphatic rings. The predicted molar refractivity (Wildman–Crippen MR) is 107 cm³/mol. The third kappa shape index (κ3) is 5.76. The summed E-state index contributed by atoms with van der Waals surface area (Å²) in [6, 6.07) is 2.33. The van der Waals surface area contributed by atoms with E-state index >= 15 is 0 Å². The van der Waals surface area contributed by atoms with Crippen molar-refractivity contribution in [3.05, 3.63) is 51.5 Å². The Kier molecular flexibility index (Phi) is 7.15. The van der Waals surface area contributed by atoms with E-state index in [2.05, 4.69) is 21.8 Å². The normalized spacial score (nSPS) is 13.9. The number of likely N-dealkylation sites (tertiary alicyclic amines) is 1. The second kappa shape index (κ2) is 9.99. The van der Waals surface area contributed by atoms with Crippen LogP contribution in [0.4, 0.5) is 13.6 Å². The number of ether oxygens (including phenoxy) is 1. The molecule has 1 fully saturated rings. The van der Waals surface area contributed by atoms with Gasteiger partial charge in [-0.3, -0.25) is 20.4 Å². The summed E-state index contributed by atoms with van der Waals surface area (Å²) in [5, 5.41) is 2.28. The van der Waals surface area contributed by atoms with Gasteiger partial charge in [-0.25, -0.2) is 18.6 Å². The predicted octanol–water partition coefficient (Wildman–Crippen LogP) is 2.45. The number of hydrogen-bond acceptors (Lipinski definition) is 6. The van der Waals surface area contributed by atoms with Gasteiger partial charge in [0.15, 0.2) is 6.61 Å². The maximum atomic E-state index is 13.2. The van der Waals surface area contributed by atoms with Gasteiger partial charge in [0.1, 0.15) is 17.3 Å². The first-order valence-corrected chi connectivity index (χ1v) is 10.1. The number of amides is 3. The van der Waals surface area contributed by atoms with Crippen LogP contribution in [0, 0.1) is 24.0 Å². The van der Waals surface area contributed by atoms with Gasteiger partial charge in [0.05, 0.1) is 5.01 Å².